The molecule has 1 aromatic rings. The lowest BCUT2D eigenvalue weighted by Gasteiger charge is -2.37. The van der Waals surface area contributed by atoms with E-state index in [1.54, 1.807) is 0 Å². The summed E-state index contributed by atoms with van der Waals surface area (Å²) in [5.41, 5.74) is 6.52. The summed E-state index contributed by atoms with van der Waals surface area (Å²) >= 11 is 0. The first-order valence-corrected chi connectivity index (χ1v) is 7.42. The van der Waals surface area contributed by atoms with Crippen LogP contribution < -0.4 is 10.5 Å². The van der Waals surface area contributed by atoms with E-state index in [9.17, 15) is 0 Å². The van der Waals surface area contributed by atoms with Crippen molar-refractivity contribution in [3.05, 3.63) is 23.9 Å². The van der Waals surface area contributed by atoms with Crippen LogP contribution in [0, 0.1) is 17.8 Å². The van der Waals surface area contributed by atoms with Gasteiger partial charge in [0.2, 0.25) is 5.88 Å². The molecule has 1 aliphatic carbocycles. The fraction of sp³-hybridized carbons (Fsp3) is 0.688. The summed E-state index contributed by atoms with van der Waals surface area (Å²) < 4.78 is 6.18. The highest BCUT2D eigenvalue weighted by atomic mass is 16.5. The zero-order valence-corrected chi connectivity index (χ0v) is 12.3. The van der Waals surface area contributed by atoms with Gasteiger partial charge in [-0.15, -0.1) is 0 Å². The van der Waals surface area contributed by atoms with Crippen molar-refractivity contribution >= 4 is 0 Å². The second kappa shape index (κ2) is 6.38. The second-order valence-electron chi connectivity index (χ2n) is 6.15. The molecule has 2 N–H and O–H groups in total. The standard InChI is InChI=1S/C16H26N2O/c1-11(2)14-8-7-12(3)9-15(14)19-16-6-4-5-13(10-17)18-16/h4-6,11-12,14-15H,7-10,17H2,1-3H3. The van der Waals surface area contributed by atoms with Crippen molar-refractivity contribution in [2.75, 3.05) is 0 Å². The van der Waals surface area contributed by atoms with E-state index in [0.29, 0.717) is 24.5 Å². The van der Waals surface area contributed by atoms with Crippen LogP contribution in [-0.2, 0) is 6.54 Å². The molecule has 0 spiro atoms. The van der Waals surface area contributed by atoms with Gasteiger partial charge < -0.3 is 10.5 Å². The Bertz CT molecular complexity index is 405. The smallest absolute Gasteiger partial charge is 0.213 e. The first kappa shape index (κ1) is 14.3. The van der Waals surface area contributed by atoms with Crippen molar-refractivity contribution in [2.24, 2.45) is 23.5 Å². The second-order valence-corrected chi connectivity index (χ2v) is 6.15. The molecule has 0 bridgehead atoms. The highest BCUT2D eigenvalue weighted by Crippen LogP contribution is 2.35. The van der Waals surface area contributed by atoms with Gasteiger partial charge in [0.05, 0.1) is 5.69 Å². The van der Waals surface area contributed by atoms with E-state index in [-0.39, 0.29) is 0 Å². The topological polar surface area (TPSA) is 48.1 Å². The van der Waals surface area contributed by atoms with E-state index in [1.807, 2.05) is 18.2 Å². The van der Waals surface area contributed by atoms with E-state index in [0.717, 1.165) is 23.9 Å². The predicted octanol–water partition coefficient (Wildman–Crippen LogP) is 3.38. The maximum atomic E-state index is 6.18. The maximum absolute atomic E-state index is 6.18. The van der Waals surface area contributed by atoms with Crippen LogP contribution in [0.3, 0.4) is 0 Å². The molecule has 0 amide bonds. The Labute approximate surface area is 116 Å². The monoisotopic (exact) mass is 262 g/mol. The minimum atomic E-state index is 0.296. The van der Waals surface area contributed by atoms with Crippen LogP contribution in [0.15, 0.2) is 18.2 Å². The zero-order chi connectivity index (χ0) is 13.8. The Balaban J connectivity index is 2.09. The van der Waals surface area contributed by atoms with E-state index in [4.69, 9.17) is 10.5 Å². The first-order valence-electron chi connectivity index (χ1n) is 7.42. The normalized spacial score (nSPS) is 27.5. The van der Waals surface area contributed by atoms with Crippen LogP contribution in [-0.4, -0.2) is 11.1 Å². The van der Waals surface area contributed by atoms with Crippen LogP contribution in [0.4, 0.5) is 0 Å². The molecule has 3 atom stereocenters. The Kier molecular flexibility index (Phi) is 4.81. The largest absolute Gasteiger partial charge is 0.474 e. The summed E-state index contributed by atoms with van der Waals surface area (Å²) in [5.74, 6) is 2.78. The number of hydrogen-bond acceptors (Lipinski definition) is 3. The Morgan fingerprint density at radius 3 is 2.84 bits per heavy atom. The number of nitrogens with two attached hydrogens (primary N) is 1. The molecule has 1 saturated carbocycles. The molecule has 3 nitrogen and oxygen atoms in total. The lowest BCUT2D eigenvalue weighted by atomic mass is 9.75. The van der Waals surface area contributed by atoms with Gasteiger partial charge in [-0.1, -0.05) is 33.3 Å². The third-order valence-corrected chi connectivity index (χ3v) is 4.22. The summed E-state index contributed by atoms with van der Waals surface area (Å²) in [5, 5.41) is 0. The number of nitrogens with zero attached hydrogens (tertiary/aromatic N) is 1. The van der Waals surface area contributed by atoms with E-state index >= 15 is 0 Å². The van der Waals surface area contributed by atoms with Gasteiger partial charge >= 0.3 is 0 Å². The molecule has 106 valence electrons. The number of rotatable bonds is 4. The lowest BCUT2D eigenvalue weighted by molar-refractivity contribution is 0.0425. The van der Waals surface area contributed by atoms with Gasteiger partial charge in [0.1, 0.15) is 6.10 Å². The van der Waals surface area contributed by atoms with Gasteiger partial charge in [0.25, 0.3) is 0 Å². The molecule has 1 aliphatic rings. The van der Waals surface area contributed by atoms with Crippen LogP contribution in [0.5, 0.6) is 5.88 Å². The molecule has 0 radical (unpaired) electrons. The minimum absolute atomic E-state index is 0.296. The average Bonchev–Trinajstić information content (AvgIpc) is 2.38. The van der Waals surface area contributed by atoms with Crippen molar-refractivity contribution in [1.82, 2.24) is 4.98 Å². The number of pyridine rings is 1. The molecule has 0 aliphatic heterocycles. The van der Waals surface area contributed by atoms with Gasteiger partial charge in [-0.3, -0.25) is 0 Å². The Morgan fingerprint density at radius 1 is 1.37 bits per heavy atom. The van der Waals surface area contributed by atoms with E-state index in [2.05, 4.69) is 25.8 Å². The third-order valence-electron chi connectivity index (χ3n) is 4.22. The molecule has 1 aromatic heterocycles. The molecule has 19 heavy (non-hydrogen) atoms. The maximum Gasteiger partial charge on any atom is 0.213 e. The molecular formula is C16H26N2O. The number of hydrogen-bond donors (Lipinski definition) is 1. The van der Waals surface area contributed by atoms with E-state index in [1.165, 1.54) is 12.8 Å². The molecule has 3 heteroatoms. The summed E-state index contributed by atoms with van der Waals surface area (Å²) in [6.45, 7) is 7.37. The summed E-state index contributed by atoms with van der Waals surface area (Å²) in [4.78, 5) is 4.46. The average molecular weight is 262 g/mol. The van der Waals surface area contributed by atoms with Gasteiger partial charge in [-0.25, -0.2) is 4.98 Å². The molecular weight excluding hydrogens is 236 g/mol. The molecule has 3 unspecified atom stereocenters. The van der Waals surface area contributed by atoms with E-state index < -0.39 is 0 Å². The number of aromatic nitrogens is 1. The summed E-state index contributed by atoms with van der Waals surface area (Å²) in [7, 11) is 0. The van der Waals surface area contributed by atoms with Crippen molar-refractivity contribution in [3.63, 3.8) is 0 Å². The predicted molar refractivity (Wildman–Crippen MR) is 77.9 cm³/mol. The molecule has 0 saturated heterocycles. The summed E-state index contributed by atoms with van der Waals surface area (Å²) in [6, 6.07) is 5.85. The van der Waals surface area contributed by atoms with Crippen LogP contribution in [0.25, 0.3) is 0 Å². The molecule has 1 fully saturated rings. The first-order chi connectivity index (χ1) is 9.10. The minimum Gasteiger partial charge on any atom is -0.474 e. The number of ether oxygens (including phenoxy) is 1. The van der Waals surface area contributed by atoms with Crippen LogP contribution >= 0.6 is 0 Å². The van der Waals surface area contributed by atoms with Gasteiger partial charge in [-0.05, 0) is 36.7 Å². The molecule has 0 aromatic carbocycles. The fourth-order valence-electron chi connectivity index (χ4n) is 3.04. The Hall–Kier alpha value is -1.09. The zero-order valence-electron chi connectivity index (χ0n) is 12.3. The molecule has 2 rings (SSSR count). The van der Waals surface area contributed by atoms with Gasteiger partial charge in [0, 0.05) is 12.6 Å². The highest BCUT2D eigenvalue weighted by Gasteiger charge is 2.32. The highest BCUT2D eigenvalue weighted by molar-refractivity contribution is 5.16. The summed E-state index contributed by atoms with van der Waals surface area (Å²) in [6.07, 6.45) is 4.01. The van der Waals surface area contributed by atoms with Crippen molar-refractivity contribution in [1.29, 1.82) is 0 Å². The lowest BCUT2D eigenvalue weighted by Crippen LogP contribution is -2.36. The third kappa shape index (κ3) is 3.69. The Morgan fingerprint density at radius 2 is 2.16 bits per heavy atom. The van der Waals surface area contributed by atoms with Crippen molar-refractivity contribution in [2.45, 2.75) is 52.7 Å². The van der Waals surface area contributed by atoms with Gasteiger partial charge in [0.15, 0.2) is 0 Å². The van der Waals surface area contributed by atoms with Crippen LogP contribution in [0.1, 0.15) is 45.7 Å². The van der Waals surface area contributed by atoms with Crippen molar-refractivity contribution in [3.8, 4) is 5.88 Å². The molecule has 1 heterocycles. The van der Waals surface area contributed by atoms with Crippen molar-refractivity contribution < 1.29 is 4.74 Å². The fourth-order valence-corrected chi connectivity index (χ4v) is 3.04. The van der Waals surface area contributed by atoms with Crippen LogP contribution in [0.2, 0.25) is 0 Å². The quantitative estimate of drug-likeness (QED) is 0.905. The van der Waals surface area contributed by atoms with Gasteiger partial charge in [-0.2, -0.15) is 0 Å². The SMILES string of the molecule is CC1CCC(C(C)C)C(Oc2cccc(CN)n2)C1.